The number of carbonyl (C=O) groups excluding carboxylic acids is 1. The van der Waals surface area contributed by atoms with Gasteiger partial charge < -0.3 is 15.4 Å². The molecule has 1 heterocycles. The molecule has 2 aromatic rings. The van der Waals surface area contributed by atoms with Crippen molar-refractivity contribution >= 4 is 11.6 Å². The van der Waals surface area contributed by atoms with Crippen molar-refractivity contribution in [1.29, 1.82) is 0 Å². The standard InChI is InChI=1S/C22H25FN2O2/c1-27-17-6-7-18-14(11-17)3-2-4-15(18)12-21(26)25-20-8-5-16-13-24-10-9-19(16)22(20)23/h5-8,11,15,24H,2-4,9-10,12-13H2,1H3,(H,25,26). The Bertz CT molecular complexity index is 866. The summed E-state index contributed by atoms with van der Waals surface area (Å²) < 4.78 is 20.1. The number of rotatable bonds is 4. The third kappa shape index (κ3) is 3.69. The number of nitrogens with one attached hydrogen (secondary N) is 2. The normalized spacial score (nSPS) is 18.4. The van der Waals surface area contributed by atoms with E-state index in [2.05, 4.69) is 22.8 Å². The van der Waals surface area contributed by atoms with E-state index >= 15 is 0 Å². The zero-order chi connectivity index (χ0) is 18.8. The smallest absolute Gasteiger partial charge is 0.225 e. The van der Waals surface area contributed by atoms with Crippen LogP contribution >= 0.6 is 0 Å². The largest absolute Gasteiger partial charge is 0.497 e. The maximum Gasteiger partial charge on any atom is 0.225 e. The molecule has 1 aliphatic carbocycles. The fraction of sp³-hybridized carbons (Fsp3) is 0.409. The van der Waals surface area contributed by atoms with Crippen LogP contribution in [0.15, 0.2) is 30.3 Å². The Morgan fingerprint density at radius 3 is 3.00 bits per heavy atom. The van der Waals surface area contributed by atoms with Gasteiger partial charge in [-0.1, -0.05) is 12.1 Å². The third-order valence-electron chi connectivity index (χ3n) is 5.70. The Morgan fingerprint density at radius 1 is 1.26 bits per heavy atom. The molecule has 0 fully saturated rings. The number of fused-ring (bicyclic) bond motifs is 2. The molecule has 2 aliphatic rings. The summed E-state index contributed by atoms with van der Waals surface area (Å²) in [4.78, 5) is 12.6. The number of hydrogen-bond acceptors (Lipinski definition) is 3. The van der Waals surface area contributed by atoms with Gasteiger partial charge in [-0.15, -0.1) is 0 Å². The summed E-state index contributed by atoms with van der Waals surface area (Å²) in [5.41, 5.74) is 4.47. The van der Waals surface area contributed by atoms with E-state index in [4.69, 9.17) is 4.74 Å². The van der Waals surface area contributed by atoms with Crippen LogP contribution in [-0.2, 0) is 24.2 Å². The van der Waals surface area contributed by atoms with Gasteiger partial charge in [-0.25, -0.2) is 4.39 Å². The molecule has 0 saturated carbocycles. The third-order valence-corrected chi connectivity index (χ3v) is 5.70. The predicted octanol–water partition coefficient (Wildman–Crippen LogP) is 3.93. The average molecular weight is 368 g/mol. The maximum absolute atomic E-state index is 14.8. The maximum atomic E-state index is 14.8. The lowest BCUT2D eigenvalue weighted by Crippen LogP contribution is -2.25. The van der Waals surface area contributed by atoms with Crippen LogP contribution in [0.25, 0.3) is 0 Å². The van der Waals surface area contributed by atoms with E-state index in [0.29, 0.717) is 25.1 Å². The minimum absolute atomic E-state index is 0.128. The highest BCUT2D eigenvalue weighted by Crippen LogP contribution is 2.36. The minimum Gasteiger partial charge on any atom is -0.497 e. The summed E-state index contributed by atoms with van der Waals surface area (Å²) in [6.45, 7) is 1.45. The number of anilines is 1. The van der Waals surface area contributed by atoms with E-state index in [-0.39, 0.29) is 17.6 Å². The monoisotopic (exact) mass is 368 g/mol. The highest BCUT2D eigenvalue weighted by molar-refractivity contribution is 5.91. The van der Waals surface area contributed by atoms with Crippen LogP contribution in [-0.4, -0.2) is 19.6 Å². The molecule has 2 aromatic carbocycles. The van der Waals surface area contributed by atoms with Crippen LogP contribution < -0.4 is 15.4 Å². The molecule has 0 aromatic heterocycles. The molecular formula is C22H25FN2O2. The molecule has 0 saturated heterocycles. The summed E-state index contributed by atoms with van der Waals surface area (Å²) in [5, 5.41) is 6.04. The van der Waals surface area contributed by atoms with Crippen LogP contribution in [0.2, 0.25) is 0 Å². The van der Waals surface area contributed by atoms with E-state index in [0.717, 1.165) is 42.7 Å². The summed E-state index contributed by atoms with van der Waals surface area (Å²) >= 11 is 0. The van der Waals surface area contributed by atoms with Gasteiger partial charge in [0.1, 0.15) is 11.6 Å². The van der Waals surface area contributed by atoms with Crippen molar-refractivity contribution in [2.75, 3.05) is 19.0 Å². The van der Waals surface area contributed by atoms with Crippen LogP contribution in [0.3, 0.4) is 0 Å². The second-order valence-electron chi connectivity index (χ2n) is 7.40. The summed E-state index contributed by atoms with van der Waals surface area (Å²) in [5.74, 6) is 0.613. The molecule has 0 spiro atoms. The summed E-state index contributed by atoms with van der Waals surface area (Å²) in [7, 11) is 1.67. The summed E-state index contributed by atoms with van der Waals surface area (Å²) in [6.07, 6.45) is 4.07. The molecule has 2 N–H and O–H groups in total. The molecule has 1 unspecified atom stereocenters. The SMILES string of the molecule is COc1ccc2c(c1)CCCC2CC(=O)Nc1ccc2c(c1F)CCNC2. The first-order valence-electron chi connectivity index (χ1n) is 9.63. The van der Waals surface area contributed by atoms with E-state index in [9.17, 15) is 9.18 Å². The second-order valence-corrected chi connectivity index (χ2v) is 7.40. The number of halogens is 1. The Hall–Kier alpha value is -2.40. The zero-order valence-electron chi connectivity index (χ0n) is 15.6. The van der Waals surface area contributed by atoms with Crippen molar-refractivity contribution in [2.45, 2.75) is 44.6 Å². The molecule has 5 heteroatoms. The molecule has 4 nitrogen and oxygen atoms in total. The van der Waals surface area contributed by atoms with Crippen molar-refractivity contribution in [3.8, 4) is 5.75 Å². The highest BCUT2D eigenvalue weighted by atomic mass is 19.1. The number of amides is 1. The first-order valence-corrected chi connectivity index (χ1v) is 9.63. The second kappa shape index (κ2) is 7.69. The molecular weight excluding hydrogens is 343 g/mol. The van der Waals surface area contributed by atoms with E-state index in [1.54, 1.807) is 13.2 Å². The summed E-state index contributed by atoms with van der Waals surface area (Å²) in [6, 6.07) is 9.67. The van der Waals surface area contributed by atoms with Gasteiger partial charge in [-0.3, -0.25) is 4.79 Å². The van der Waals surface area contributed by atoms with E-state index in [1.807, 2.05) is 12.1 Å². The number of benzene rings is 2. The van der Waals surface area contributed by atoms with Crippen molar-refractivity contribution in [2.24, 2.45) is 0 Å². The van der Waals surface area contributed by atoms with Crippen molar-refractivity contribution in [3.05, 3.63) is 58.4 Å². The molecule has 1 atom stereocenters. The molecule has 1 aliphatic heterocycles. The first kappa shape index (κ1) is 18.0. The van der Waals surface area contributed by atoms with Crippen LogP contribution in [0.4, 0.5) is 10.1 Å². The van der Waals surface area contributed by atoms with Crippen LogP contribution in [0.5, 0.6) is 5.75 Å². The Kier molecular flexibility index (Phi) is 5.12. The number of methoxy groups -OCH3 is 1. The highest BCUT2D eigenvalue weighted by Gasteiger charge is 2.24. The van der Waals surface area contributed by atoms with Gasteiger partial charge in [0, 0.05) is 13.0 Å². The van der Waals surface area contributed by atoms with Crippen LogP contribution in [0, 0.1) is 5.82 Å². The van der Waals surface area contributed by atoms with Crippen molar-refractivity contribution in [1.82, 2.24) is 5.32 Å². The van der Waals surface area contributed by atoms with E-state index < -0.39 is 0 Å². The molecule has 27 heavy (non-hydrogen) atoms. The van der Waals surface area contributed by atoms with Gasteiger partial charge >= 0.3 is 0 Å². The van der Waals surface area contributed by atoms with Gasteiger partial charge in [0.2, 0.25) is 5.91 Å². The number of carbonyl (C=O) groups is 1. The van der Waals surface area contributed by atoms with Gasteiger partial charge in [0.15, 0.2) is 0 Å². The lowest BCUT2D eigenvalue weighted by molar-refractivity contribution is -0.116. The van der Waals surface area contributed by atoms with Gasteiger partial charge in [0.25, 0.3) is 0 Å². The fourth-order valence-electron chi connectivity index (χ4n) is 4.29. The van der Waals surface area contributed by atoms with Gasteiger partial charge in [-0.05, 0) is 78.6 Å². The fourth-order valence-corrected chi connectivity index (χ4v) is 4.29. The van der Waals surface area contributed by atoms with Gasteiger partial charge in [0.05, 0.1) is 12.8 Å². The molecule has 4 rings (SSSR count). The van der Waals surface area contributed by atoms with Crippen LogP contribution in [0.1, 0.15) is 47.4 Å². The molecule has 1 amide bonds. The quantitative estimate of drug-likeness (QED) is 0.860. The van der Waals surface area contributed by atoms with Crippen molar-refractivity contribution in [3.63, 3.8) is 0 Å². The lowest BCUT2D eigenvalue weighted by atomic mass is 9.81. The lowest BCUT2D eigenvalue weighted by Gasteiger charge is -2.26. The number of ether oxygens (including phenoxy) is 1. The molecule has 142 valence electrons. The first-order chi connectivity index (χ1) is 13.2. The zero-order valence-corrected chi connectivity index (χ0v) is 15.6. The Morgan fingerprint density at radius 2 is 2.15 bits per heavy atom. The number of hydrogen-bond donors (Lipinski definition) is 2. The van der Waals surface area contributed by atoms with E-state index in [1.165, 1.54) is 11.1 Å². The topological polar surface area (TPSA) is 50.4 Å². The Labute approximate surface area is 159 Å². The van der Waals surface area contributed by atoms with Crippen molar-refractivity contribution < 1.29 is 13.9 Å². The Balaban J connectivity index is 1.48. The average Bonchev–Trinajstić information content (AvgIpc) is 2.70. The molecule has 0 radical (unpaired) electrons. The number of aryl methyl sites for hydroxylation is 1. The molecule has 0 bridgehead atoms. The van der Waals surface area contributed by atoms with Gasteiger partial charge in [-0.2, -0.15) is 0 Å². The predicted molar refractivity (Wildman–Crippen MR) is 104 cm³/mol. The minimum atomic E-state index is -0.281.